The first-order valence-corrected chi connectivity index (χ1v) is 17.7. The van der Waals surface area contributed by atoms with Gasteiger partial charge < -0.3 is 40.7 Å². The van der Waals surface area contributed by atoms with Gasteiger partial charge in [-0.3, -0.25) is 29.3 Å². The monoisotopic (exact) mass is 738 g/mol. The summed E-state index contributed by atoms with van der Waals surface area (Å²) in [5, 5.41) is 13.8. The number of nitrogens with one attached hydrogen (secondary N) is 3. The standard InChI is InChI=1S/C37H46N12O5/c1-5-49-28(18-23(2)45-49)35(52)44-37-43-26-19-24(33(38)50)21-29(53-4)31(26)48(37)14-7-6-13-47-32-27(42-36(47)40-3)20-25(34(39)51)22-30(32)54-17-9-8-12-46-15-10-41-11-16-46/h6-9,18-22,41H,5,10-17H2,1-4H3,(H2,38,50)(H2,39,51)(H,40,42)(H,43,44,52)/b7-6+,9-8+. The van der Waals surface area contributed by atoms with E-state index in [2.05, 4.69) is 37.0 Å². The molecular weight excluding hydrogens is 692 g/mol. The van der Waals surface area contributed by atoms with E-state index in [0.717, 1.165) is 32.7 Å². The summed E-state index contributed by atoms with van der Waals surface area (Å²) in [5.41, 5.74) is 15.1. The molecule has 0 atom stereocenters. The van der Waals surface area contributed by atoms with Crippen LogP contribution in [0.1, 0.15) is 43.8 Å². The molecule has 0 radical (unpaired) electrons. The largest absolute Gasteiger partial charge is 0.494 e. The van der Waals surface area contributed by atoms with E-state index in [4.69, 9.17) is 25.9 Å². The molecule has 3 amide bonds. The molecule has 1 aliphatic rings. The van der Waals surface area contributed by atoms with Crippen LogP contribution >= 0.6 is 0 Å². The highest BCUT2D eigenvalue weighted by Crippen LogP contribution is 2.32. The van der Waals surface area contributed by atoms with Crippen molar-refractivity contribution in [2.45, 2.75) is 33.5 Å². The fourth-order valence-corrected chi connectivity index (χ4v) is 6.47. The molecule has 17 nitrogen and oxygen atoms in total. The molecule has 284 valence electrons. The van der Waals surface area contributed by atoms with E-state index in [1.165, 1.54) is 7.11 Å². The van der Waals surface area contributed by atoms with Gasteiger partial charge in [-0.05, 0) is 44.2 Å². The molecule has 2 aromatic carbocycles. The van der Waals surface area contributed by atoms with Gasteiger partial charge in [-0.1, -0.05) is 24.3 Å². The van der Waals surface area contributed by atoms with E-state index in [1.807, 2.05) is 36.6 Å². The van der Waals surface area contributed by atoms with E-state index in [1.54, 1.807) is 46.6 Å². The lowest BCUT2D eigenvalue weighted by molar-refractivity contribution is 0.0991. The maximum Gasteiger partial charge on any atom is 0.276 e. The normalized spacial score (nSPS) is 13.7. The predicted octanol–water partition coefficient (Wildman–Crippen LogP) is 2.51. The number of hydrogen-bond donors (Lipinski definition) is 5. The van der Waals surface area contributed by atoms with Gasteiger partial charge >= 0.3 is 0 Å². The number of carbonyl (C=O) groups excluding carboxylic acids is 3. The number of amides is 3. The van der Waals surface area contributed by atoms with E-state index in [9.17, 15) is 14.4 Å². The molecule has 1 saturated heterocycles. The number of anilines is 2. The molecule has 0 bridgehead atoms. The minimum absolute atomic E-state index is 0.219. The lowest BCUT2D eigenvalue weighted by Gasteiger charge is -2.25. The van der Waals surface area contributed by atoms with Gasteiger partial charge in [0.05, 0.1) is 23.8 Å². The Morgan fingerprint density at radius 1 is 0.852 bits per heavy atom. The number of nitrogens with two attached hydrogens (primary N) is 2. The molecule has 5 aromatic rings. The molecule has 0 unspecified atom stereocenters. The molecule has 54 heavy (non-hydrogen) atoms. The number of fused-ring (bicyclic) bond motifs is 2. The number of nitrogens with zero attached hydrogens (tertiary/aromatic N) is 7. The Morgan fingerprint density at radius 2 is 1.44 bits per heavy atom. The van der Waals surface area contributed by atoms with Crippen molar-refractivity contribution in [1.29, 1.82) is 0 Å². The van der Waals surface area contributed by atoms with Crippen LogP contribution in [0.15, 0.2) is 54.6 Å². The maximum atomic E-state index is 13.5. The quantitative estimate of drug-likeness (QED) is 0.0928. The van der Waals surface area contributed by atoms with E-state index >= 15 is 0 Å². The average molecular weight is 739 g/mol. The lowest BCUT2D eigenvalue weighted by Crippen LogP contribution is -2.43. The number of ether oxygens (including phenoxy) is 2. The molecule has 1 aliphatic heterocycles. The van der Waals surface area contributed by atoms with Crippen molar-refractivity contribution < 1.29 is 23.9 Å². The van der Waals surface area contributed by atoms with E-state index in [0.29, 0.717) is 70.6 Å². The molecule has 6 rings (SSSR count). The topological polar surface area (TPSA) is 215 Å². The summed E-state index contributed by atoms with van der Waals surface area (Å²) in [6, 6.07) is 8.11. The van der Waals surface area contributed by atoms with Crippen molar-refractivity contribution in [2.75, 3.05) is 64.1 Å². The highest BCUT2D eigenvalue weighted by molar-refractivity contribution is 6.04. The number of benzene rings is 2. The smallest absolute Gasteiger partial charge is 0.276 e. The third-order valence-electron chi connectivity index (χ3n) is 9.10. The second kappa shape index (κ2) is 16.6. The lowest BCUT2D eigenvalue weighted by atomic mass is 10.1. The van der Waals surface area contributed by atoms with Crippen LogP contribution in [-0.4, -0.2) is 105 Å². The predicted molar refractivity (Wildman–Crippen MR) is 206 cm³/mol. The van der Waals surface area contributed by atoms with Crippen LogP contribution < -0.4 is 36.9 Å². The van der Waals surface area contributed by atoms with Crippen LogP contribution in [0.5, 0.6) is 11.5 Å². The fourth-order valence-electron chi connectivity index (χ4n) is 6.47. The molecule has 17 heteroatoms. The number of aromatic nitrogens is 6. The van der Waals surface area contributed by atoms with Gasteiger partial charge in [0.25, 0.3) is 5.91 Å². The molecule has 0 spiro atoms. The summed E-state index contributed by atoms with van der Waals surface area (Å²) in [4.78, 5) is 49.6. The number of primary amides is 2. The van der Waals surface area contributed by atoms with E-state index in [-0.39, 0.29) is 23.6 Å². The minimum atomic E-state index is -0.636. The molecule has 3 aromatic heterocycles. The van der Waals surface area contributed by atoms with Gasteiger partial charge in [-0.2, -0.15) is 5.10 Å². The van der Waals surface area contributed by atoms with Crippen LogP contribution in [0.3, 0.4) is 0 Å². The number of rotatable bonds is 16. The van der Waals surface area contributed by atoms with Gasteiger partial charge in [0.15, 0.2) is 0 Å². The number of hydrogen-bond acceptors (Lipinski definition) is 11. The first-order valence-electron chi connectivity index (χ1n) is 17.7. The third kappa shape index (κ3) is 8.06. The van der Waals surface area contributed by atoms with Crippen LogP contribution in [0.25, 0.3) is 22.1 Å². The highest BCUT2D eigenvalue weighted by Gasteiger charge is 2.22. The Morgan fingerprint density at radius 3 is 2.06 bits per heavy atom. The van der Waals surface area contributed by atoms with E-state index < -0.39 is 17.7 Å². The summed E-state index contributed by atoms with van der Waals surface area (Å²) < 4.78 is 17.2. The van der Waals surface area contributed by atoms with Gasteiger partial charge in [0.1, 0.15) is 34.8 Å². The highest BCUT2D eigenvalue weighted by atomic mass is 16.5. The second-order valence-corrected chi connectivity index (χ2v) is 12.7. The van der Waals surface area contributed by atoms with Gasteiger partial charge in [0, 0.05) is 70.5 Å². The van der Waals surface area contributed by atoms with Crippen molar-refractivity contribution in [3.05, 3.63) is 77.2 Å². The van der Waals surface area contributed by atoms with Gasteiger partial charge in [-0.15, -0.1) is 0 Å². The Balaban J connectivity index is 1.29. The molecule has 4 heterocycles. The van der Waals surface area contributed by atoms with Crippen LogP contribution in [0, 0.1) is 6.92 Å². The first kappa shape index (κ1) is 37.6. The Labute approximate surface area is 312 Å². The SMILES string of the molecule is CCn1nc(C)cc1C(=O)Nc1nc2cc(C(N)=O)cc(OC)c2n1C/C=C/Cn1c(NC)nc2cc(C(N)=O)cc(OC/C=C/CN3CCNCC3)c21. The number of imidazole rings is 2. The Kier molecular flexibility index (Phi) is 11.6. The number of methoxy groups -OCH3 is 1. The summed E-state index contributed by atoms with van der Waals surface area (Å²) in [6.07, 6.45) is 7.91. The molecule has 0 saturated carbocycles. The number of piperazine rings is 1. The summed E-state index contributed by atoms with van der Waals surface area (Å²) in [6.45, 7) is 9.91. The zero-order valence-electron chi connectivity index (χ0n) is 30.9. The summed E-state index contributed by atoms with van der Waals surface area (Å²) in [5.74, 6) is 0.0197. The zero-order chi connectivity index (χ0) is 38.4. The Hall–Kier alpha value is -6.20. The molecular formula is C37H46N12O5. The Bertz CT molecular complexity index is 2240. The average Bonchev–Trinajstić information content (AvgIpc) is 3.85. The third-order valence-corrected chi connectivity index (χ3v) is 9.10. The maximum absolute atomic E-state index is 13.5. The van der Waals surface area contributed by atoms with Crippen LogP contribution in [-0.2, 0) is 19.6 Å². The number of carbonyl (C=O) groups is 3. The summed E-state index contributed by atoms with van der Waals surface area (Å²) >= 11 is 0. The molecule has 0 aliphatic carbocycles. The van der Waals surface area contributed by atoms with Crippen molar-refractivity contribution in [2.24, 2.45) is 11.5 Å². The van der Waals surface area contributed by atoms with Gasteiger partial charge in [0.2, 0.25) is 23.7 Å². The van der Waals surface area contributed by atoms with Crippen molar-refractivity contribution in [1.82, 2.24) is 39.1 Å². The van der Waals surface area contributed by atoms with Gasteiger partial charge in [-0.25, -0.2) is 9.97 Å². The van der Waals surface area contributed by atoms with Crippen molar-refractivity contribution >= 4 is 51.7 Å². The van der Waals surface area contributed by atoms with Crippen molar-refractivity contribution in [3.63, 3.8) is 0 Å². The van der Waals surface area contributed by atoms with Crippen LogP contribution in [0.4, 0.5) is 11.9 Å². The minimum Gasteiger partial charge on any atom is -0.494 e. The fraction of sp³-hybridized carbons (Fsp3) is 0.351. The first-order chi connectivity index (χ1) is 26.1. The molecule has 7 N–H and O–H groups in total. The second-order valence-electron chi connectivity index (χ2n) is 12.7. The van der Waals surface area contributed by atoms with Crippen molar-refractivity contribution in [3.8, 4) is 11.5 Å². The number of aryl methyl sites for hydroxylation is 2. The van der Waals surface area contributed by atoms with Crippen LogP contribution in [0.2, 0.25) is 0 Å². The zero-order valence-corrected chi connectivity index (χ0v) is 30.9. The molecule has 1 fully saturated rings. The number of allylic oxidation sites excluding steroid dienone is 2. The summed E-state index contributed by atoms with van der Waals surface area (Å²) in [7, 11) is 3.25.